The van der Waals surface area contributed by atoms with Crippen LogP contribution in [0.3, 0.4) is 0 Å². The standard InChI is InChI=1S/C6H9NO2/c1-2-3-9-6(8)5-4-7-5/h2,5,7H,1,3-4H2/t5-/m0/s1. The van der Waals surface area contributed by atoms with Gasteiger partial charge in [-0.1, -0.05) is 12.7 Å². The summed E-state index contributed by atoms with van der Waals surface area (Å²) in [7, 11) is 0. The molecule has 1 rings (SSSR count). The number of hydrogen-bond donors (Lipinski definition) is 1. The molecule has 1 atom stereocenters. The summed E-state index contributed by atoms with van der Waals surface area (Å²) in [6.07, 6.45) is 1.56. The van der Waals surface area contributed by atoms with Gasteiger partial charge in [0.2, 0.25) is 0 Å². The Morgan fingerprint density at radius 2 is 2.67 bits per heavy atom. The molecule has 0 bridgehead atoms. The van der Waals surface area contributed by atoms with E-state index in [2.05, 4.69) is 11.9 Å². The lowest BCUT2D eigenvalue weighted by Gasteiger charge is -1.95. The first-order chi connectivity index (χ1) is 4.34. The van der Waals surface area contributed by atoms with Crippen molar-refractivity contribution in [3.05, 3.63) is 12.7 Å². The highest BCUT2D eigenvalue weighted by Gasteiger charge is 2.29. The normalized spacial score (nSPS) is 22.9. The first-order valence-corrected chi connectivity index (χ1v) is 2.85. The van der Waals surface area contributed by atoms with E-state index in [1.807, 2.05) is 0 Å². The zero-order valence-electron chi connectivity index (χ0n) is 5.09. The van der Waals surface area contributed by atoms with Crippen LogP contribution >= 0.6 is 0 Å². The minimum atomic E-state index is -0.171. The van der Waals surface area contributed by atoms with Crippen molar-refractivity contribution in [1.29, 1.82) is 0 Å². The fraction of sp³-hybridized carbons (Fsp3) is 0.500. The van der Waals surface area contributed by atoms with Crippen molar-refractivity contribution in [2.24, 2.45) is 0 Å². The van der Waals surface area contributed by atoms with Gasteiger partial charge in [0.05, 0.1) is 0 Å². The van der Waals surface area contributed by atoms with E-state index in [1.165, 1.54) is 0 Å². The number of esters is 1. The number of ether oxygens (including phenoxy) is 1. The summed E-state index contributed by atoms with van der Waals surface area (Å²) in [5.41, 5.74) is 0. The van der Waals surface area contributed by atoms with Crippen LogP contribution in [0.5, 0.6) is 0 Å². The predicted octanol–water partition coefficient (Wildman–Crippen LogP) is -0.313. The lowest BCUT2D eigenvalue weighted by Crippen LogP contribution is -2.13. The molecular weight excluding hydrogens is 118 g/mol. The molecule has 0 spiro atoms. The van der Waals surface area contributed by atoms with E-state index < -0.39 is 0 Å². The average Bonchev–Trinajstić information content (AvgIpc) is 2.63. The van der Waals surface area contributed by atoms with Crippen LogP contribution in [0.15, 0.2) is 12.7 Å². The van der Waals surface area contributed by atoms with Crippen molar-refractivity contribution in [3.63, 3.8) is 0 Å². The van der Waals surface area contributed by atoms with Gasteiger partial charge >= 0.3 is 5.97 Å². The average molecular weight is 127 g/mol. The second kappa shape index (κ2) is 2.64. The lowest BCUT2D eigenvalue weighted by atomic mass is 10.5. The molecule has 1 N–H and O–H groups in total. The summed E-state index contributed by atoms with van der Waals surface area (Å²) in [5, 5.41) is 2.83. The number of hydrogen-bond acceptors (Lipinski definition) is 3. The third kappa shape index (κ3) is 1.85. The van der Waals surface area contributed by atoms with Crippen LogP contribution in [0.1, 0.15) is 0 Å². The van der Waals surface area contributed by atoms with E-state index in [-0.39, 0.29) is 12.0 Å². The smallest absolute Gasteiger partial charge is 0.324 e. The van der Waals surface area contributed by atoms with Gasteiger partial charge in [-0.15, -0.1) is 0 Å². The molecule has 1 heterocycles. The maximum Gasteiger partial charge on any atom is 0.324 e. The minimum Gasteiger partial charge on any atom is -0.460 e. The molecule has 0 radical (unpaired) electrons. The Morgan fingerprint density at radius 1 is 2.00 bits per heavy atom. The largest absolute Gasteiger partial charge is 0.460 e. The van der Waals surface area contributed by atoms with Crippen molar-refractivity contribution in [2.45, 2.75) is 6.04 Å². The second-order valence-corrected chi connectivity index (χ2v) is 1.88. The molecule has 1 aliphatic heterocycles. The van der Waals surface area contributed by atoms with Gasteiger partial charge in [-0.3, -0.25) is 4.79 Å². The first-order valence-electron chi connectivity index (χ1n) is 2.85. The molecule has 0 amide bonds. The first kappa shape index (κ1) is 6.29. The van der Waals surface area contributed by atoms with Gasteiger partial charge in [0, 0.05) is 6.54 Å². The number of carbonyl (C=O) groups is 1. The Labute approximate surface area is 53.7 Å². The molecule has 0 aliphatic carbocycles. The zero-order chi connectivity index (χ0) is 6.69. The molecule has 9 heavy (non-hydrogen) atoms. The van der Waals surface area contributed by atoms with Crippen LogP contribution in [0.4, 0.5) is 0 Å². The Balaban J connectivity index is 2.10. The van der Waals surface area contributed by atoms with E-state index in [0.717, 1.165) is 6.54 Å². The van der Waals surface area contributed by atoms with Crippen LogP contribution in [0.25, 0.3) is 0 Å². The quantitative estimate of drug-likeness (QED) is 0.321. The Bertz CT molecular complexity index is 129. The highest BCUT2D eigenvalue weighted by molar-refractivity contribution is 5.79. The van der Waals surface area contributed by atoms with Crippen molar-refractivity contribution in [1.82, 2.24) is 5.32 Å². The van der Waals surface area contributed by atoms with E-state index in [4.69, 9.17) is 4.74 Å². The van der Waals surface area contributed by atoms with Gasteiger partial charge in [0.15, 0.2) is 0 Å². The lowest BCUT2D eigenvalue weighted by molar-refractivity contribution is -0.141. The van der Waals surface area contributed by atoms with Crippen LogP contribution in [0, 0.1) is 0 Å². The Kier molecular flexibility index (Phi) is 1.85. The van der Waals surface area contributed by atoms with Crippen molar-refractivity contribution in [2.75, 3.05) is 13.2 Å². The van der Waals surface area contributed by atoms with Crippen molar-refractivity contribution in [3.8, 4) is 0 Å². The van der Waals surface area contributed by atoms with E-state index >= 15 is 0 Å². The van der Waals surface area contributed by atoms with Gasteiger partial charge in [-0.2, -0.15) is 0 Å². The molecule has 3 nitrogen and oxygen atoms in total. The summed E-state index contributed by atoms with van der Waals surface area (Å²) in [5.74, 6) is -0.171. The summed E-state index contributed by atoms with van der Waals surface area (Å²) in [6.45, 7) is 4.49. The minimum absolute atomic E-state index is 0.0371. The fourth-order valence-electron chi connectivity index (χ4n) is 0.467. The summed E-state index contributed by atoms with van der Waals surface area (Å²) in [4.78, 5) is 10.6. The fourth-order valence-corrected chi connectivity index (χ4v) is 0.467. The van der Waals surface area contributed by atoms with Crippen LogP contribution in [0.2, 0.25) is 0 Å². The molecule has 0 saturated carbocycles. The second-order valence-electron chi connectivity index (χ2n) is 1.88. The summed E-state index contributed by atoms with van der Waals surface area (Å²) in [6, 6.07) is -0.0371. The molecule has 0 unspecified atom stereocenters. The monoisotopic (exact) mass is 127 g/mol. The molecule has 0 aromatic carbocycles. The number of carbonyl (C=O) groups excluding carboxylic acids is 1. The van der Waals surface area contributed by atoms with Gasteiger partial charge in [-0.05, 0) is 0 Å². The van der Waals surface area contributed by atoms with Gasteiger partial charge in [0.25, 0.3) is 0 Å². The molecule has 0 aromatic heterocycles. The Morgan fingerprint density at radius 3 is 3.11 bits per heavy atom. The molecule has 0 aromatic rings. The molecular formula is C6H9NO2. The summed E-state index contributed by atoms with van der Waals surface area (Å²) < 4.78 is 4.70. The predicted molar refractivity (Wildman–Crippen MR) is 32.9 cm³/mol. The van der Waals surface area contributed by atoms with Crippen LogP contribution in [-0.2, 0) is 9.53 Å². The molecule has 3 heteroatoms. The molecule has 1 aliphatic rings. The van der Waals surface area contributed by atoms with Crippen LogP contribution < -0.4 is 5.32 Å². The molecule has 1 saturated heterocycles. The third-order valence-electron chi connectivity index (χ3n) is 1.04. The number of rotatable bonds is 3. The maximum atomic E-state index is 10.6. The SMILES string of the molecule is C=CCOC(=O)[C@@H]1CN1. The topological polar surface area (TPSA) is 48.2 Å². The zero-order valence-corrected chi connectivity index (χ0v) is 5.09. The van der Waals surface area contributed by atoms with Gasteiger partial charge in [0.1, 0.15) is 12.6 Å². The third-order valence-corrected chi connectivity index (χ3v) is 1.04. The van der Waals surface area contributed by atoms with E-state index in [9.17, 15) is 4.79 Å². The van der Waals surface area contributed by atoms with Crippen molar-refractivity contribution >= 4 is 5.97 Å². The van der Waals surface area contributed by atoms with Crippen molar-refractivity contribution < 1.29 is 9.53 Å². The highest BCUT2D eigenvalue weighted by Crippen LogP contribution is 1.98. The van der Waals surface area contributed by atoms with Gasteiger partial charge in [-0.25, -0.2) is 0 Å². The molecule has 1 fully saturated rings. The van der Waals surface area contributed by atoms with E-state index in [0.29, 0.717) is 6.61 Å². The highest BCUT2D eigenvalue weighted by atomic mass is 16.5. The maximum absolute atomic E-state index is 10.6. The number of nitrogens with one attached hydrogen (secondary N) is 1. The molecule has 50 valence electrons. The van der Waals surface area contributed by atoms with E-state index in [1.54, 1.807) is 6.08 Å². The Hall–Kier alpha value is -0.830. The summed E-state index contributed by atoms with van der Waals surface area (Å²) >= 11 is 0. The van der Waals surface area contributed by atoms with Gasteiger partial charge < -0.3 is 10.1 Å². The van der Waals surface area contributed by atoms with Crippen LogP contribution in [-0.4, -0.2) is 25.2 Å².